The Labute approximate surface area is 222 Å². The summed E-state index contributed by atoms with van der Waals surface area (Å²) in [4.78, 5) is 39.1. The van der Waals surface area contributed by atoms with E-state index in [1.54, 1.807) is 66.7 Å². The summed E-state index contributed by atoms with van der Waals surface area (Å²) in [5, 5.41) is 6.58. The summed E-state index contributed by atoms with van der Waals surface area (Å²) in [5.41, 5.74) is 2.43. The highest BCUT2D eigenvalue weighted by Crippen LogP contribution is 2.28. The number of anilines is 1. The summed E-state index contributed by atoms with van der Waals surface area (Å²) in [7, 11) is 1.50. The highest BCUT2D eigenvalue weighted by atomic mass is 35.5. The number of ether oxygens (including phenoxy) is 1. The van der Waals surface area contributed by atoms with Crippen LogP contribution in [0.4, 0.5) is 5.69 Å². The summed E-state index contributed by atoms with van der Waals surface area (Å²) >= 11 is 18.1. The lowest BCUT2D eigenvalue weighted by molar-refractivity contribution is -0.138. The average molecular weight is 545 g/mol. The molecule has 0 fully saturated rings. The molecule has 2 N–H and O–H groups in total. The second-order valence-electron chi connectivity index (χ2n) is 7.86. The molecule has 10 heteroatoms. The lowest BCUT2D eigenvalue weighted by Crippen LogP contribution is -2.33. The van der Waals surface area contributed by atoms with Gasteiger partial charge in [0.25, 0.3) is 17.7 Å². The van der Waals surface area contributed by atoms with Crippen molar-refractivity contribution in [2.75, 3.05) is 12.4 Å². The topological polar surface area (TPSA) is 87.7 Å². The number of carbonyl (C=O) groups is 3. The number of halogens is 3. The molecule has 0 spiro atoms. The Morgan fingerprint density at radius 1 is 0.861 bits per heavy atom. The molecule has 184 valence electrons. The predicted molar refractivity (Wildman–Crippen MR) is 139 cm³/mol. The van der Waals surface area contributed by atoms with E-state index in [0.29, 0.717) is 27.0 Å². The van der Waals surface area contributed by atoms with Crippen molar-refractivity contribution in [3.63, 3.8) is 0 Å². The first-order chi connectivity index (χ1) is 17.3. The van der Waals surface area contributed by atoms with E-state index >= 15 is 0 Å². The maximum Gasteiger partial charge on any atom is 0.278 e. The summed E-state index contributed by atoms with van der Waals surface area (Å²) in [5.74, 6) is -0.927. The zero-order chi connectivity index (χ0) is 25.8. The zero-order valence-corrected chi connectivity index (χ0v) is 21.2. The van der Waals surface area contributed by atoms with Crippen molar-refractivity contribution in [3.8, 4) is 5.75 Å². The first-order valence-corrected chi connectivity index (χ1v) is 11.9. The fourth-order valence-corrected chi connectivity index (χ4v) is 4.10. The van der Waals surface area contributed by atoms with Gasteiger partial charge in [0.1, 0.15) is 16.5 Å². The largest absolute Gasteiger partial charge is 0.495 e. The molecule has 0 aromatic heterocycles. The van der Waals surface area contributed by atoms with Gasteiger partial charge < -0.3 is 15.4 Å². The SMILES string of the molecule is COc1ccc(Cl)cc1NC(=O)c1ccc(CNC2=C(Cl)C(=O)N(Cc3ccc(Cl)cc3)C2=O)cc1. The van der Waals surface area contributed by atoms with E-state index in [1.165, 1.54) is 7.11 Å². The van der Waals surface area contributed by atoms with E-state index in [9.17, 15) is 14.4 Å². The van der Waals surface area contributed by atoms with Crippen LogP contribution in [0.15, 0.2) is 77.5 Å². The van der Waals surface area contributed by atoms with Crippen molar-refractivity contribution in [1.82, 2.24) is 10.2 Å². The van der Waals surface area contributed by atoms with Crippen LogP contribution in [-0.4, -0.2) is 29.7 Å². The van der Waals surface area contributed by atoms with Gasteiger partial charge in [-0.15, -0.1) is 0 Å². The smallest absolute Gasteiger partial charge is 0.278 e. The van der Waals surface area contributed by atoms with Gasteiger partial charge in [-0.2, -0.15) is 0 Å². The van der Waals surface area contributed by atoms with Gasteiger partial charge in [0, 0.05) is 22.2 Å². The molecular weight excluding hydrogens is 525 g/mol. The van der Waals surface area contributed by atoms with Crippen LogP contribution in [-0.2, 0) is 22.7 Å². The molecule has 7 nitrogen and oxygen atoms in total. The van der Waals surface area contributed by atoms with Crippen LogP contribution in [0.25, 0.3) is 0 Å². The Kier molecular flexibility index (Phi) is 7.84. The number of benzene rings is 3. The molecule has 0 unspecified atom stereocenters. The van der Waals surface area contributed by atoms with Crippen molar-refractivity contribution < 1.29 is 19.1 Å². The van der Waals surface area contributed by atoms with Gasteiger partial charge in [-0.05, 0) is 53.6 Å². The molecule has 0 saturated heterocycles. The van der Waals surface area contributed by atoms with Gasteiger partial charge in [-0.1, -0.05) is 59.1 Å². The van der Waals surface area contributed by atoms with Gasteiger partial charge in [-0.25, -0.2) is 0 Å². The van der Waals surface area contributed by atoms with Gasteiger partial charge >= 0.3 is 0 Å². The fraction of sp³-hybridized carbons (Fsp3) is 0.115. The highest BCUT2D eigenvalue weighted by Gasteiger charge is 2.37. The third-order valence-corrected chi connectivity index (χ3v) is 6.30. The van der Waals surface area contributed by atoms with E-state index in [1.807, 2.05) is 0 Å². The first-order valence-electron chi connectivity index (χ1n) is 10.7. The third kappa shape index (κ3) is 5.65. The quantitative estimate of drug-likeness (QED) is 0.373. The number of rotatable bonds is 8. The van der Waals surface area contributed by atoms with Crippen molar-refractivity contribution in [3.05, 3.63) is 104 Å². The predicted octanol–water partition coefficient (Wildman–Crippen LogP) is 5.36. The minimum Gasteiger partial charge on any atom is -0.495 e. The molecule has 0 bridgehead atoms. The van der Waals surface area contributed by atoms with Crippen molar-refractivity contribution in [1.29, 1.82) is 0 Å². The second kappa shape index (κ2) is 11.0. The van der Waals surface area contributed by atoms with E-state index in [4.69, 9.17) is 39.5 Å². The van der Waals surface area contributed by atoms with E-state index in [-0.39, 0.29) is 29.7 Å². The molecule has 3 amide bonds. The average Bonchev–Trinajstić information content (AvgIpc) is 3.07. The second-order valence-corrected chi connectivity index (χ2v) is 9.11. The summed E-state index contributed by atoms with van der Waals surface area (Å²) in [6, 6.07) is 18.5. The number of nitrogens with zero attached hydrogens (tertiary/aromatic N) is 1. The van der Waals surface area contributed by atoms with Crippen LogP contribution in [0.5, 0.6) is 5.75 Å². The van der Waals surface area contributed by atoms with Crippen molar-refractivity contribution in [2.24, 2.45) is 0 Å². The monoisotopic (exact) mass is 543 g/mol. The van der Waals surface area contributed by atoms with E-state index < -0.39 is 11.8 Å². The van der Waals surface area contributed by atoms with E-state index in [2.05, 4.69) is 10.6 Å². The van der Waals surface area contributed by atoms with Crippen LogP contribution < -0.4 is 15.4 Å². The summed E-state index contributed by atoms with van der Waals surface area (Å²) < 4.78 is 5.25. The van der Waals surface area contributed by atoms with Gasteiger partial charge in [0.2, 0.25) is 0 Å². The van der Waals surface area contributed by atoms with Crippen LogP contribution in [0.1, 0.15) is 21.5 Å². The molecule has 3 aromatic rings. The van der Waals surface area contributed by atoms with E-state index in [0.717, 1.165) is 16.0 Å². The normalized spacial score (nSPS) is 13.3. The number of nitrogens with one attached hydrogen (secondary N) is 2. The standard InChI is InChI=1S/C26H20Cl3N3O4/c1-36-21-11-10-19(28)12-20(21)31-24(33)17-6-2-15(3-7-17)13-30-23-22(29)25(34)32(26(23)35)14-16-4-8-18(27)9-5-16/h2-12,30H,13-14H2,1H3,(H,31,33). The lowest BCUT2D eigenvalue weighted by Gasteiger charge is -2.15. The highest BCUT2D eigenvalue weighted by molar-refractivity contribution is 6.47. The number of methoxy groups -OCH3 is 1. The minimum absolute atomic E-state index is 0.0329. The molecule has 1 aliphatic rings. The number of amides is 3. The molecule has 0 aliphatic carbocycles. The third-order valence-electron chi connectivity index (χ3n) is 5.46. The molecule has 1 heterocycles. The van der Waals surface area contributed by atoms with Crippen LogP contribution >= 0.6 is 34.8 Å². The molecule has 36 heavy (non-hydrogen) atoms. The Morgan fingerprint density at radius 2 is 1.50 bits per heavy atom. The Balaban J connectivity index is 1.38. The maximum absolute atomic E-state index is 12.8. The minimum atomic E-state index is -0.567. The molecule has 4 rings (SSSR count). The lowest BCUT2D eigenvalue weighted by atomic mass is 10.1. The van der Waals surface area contributed by atoms with Crippen LogP contribution in [0, 0.1) is 0 Å². The Hall–Kier alpha value is -3.52. The van der Waals surface area contributed by atoms with Gasteiger partial charge in [0.05, 0.1) is 19.3 Å². The Bertz CT molecular complexity index is 1360. The number of carbonyl (C=O) groups excluding carboxylic acids is 3. The maximum atomic E-state index is 12.8. The van der Waals surface area contributed by atoms with Gasteiger partial charge in [0.15, 0.2) is 0 Å². The van der Waals surface area contributed by atoms with Crippen molar-refractivity contribution >= 4 is 58.2 Å². The molecule has 0 saturated carbocycles. The molecule has 1 aliphatic heterocycles. The fourth-order valence-electron chi connectivity index (χ4n) is 3.55. The molecule has 0 atom stereocenters. The Morgan fingerprint density at radius 3 is 2.17 bits per heavy atom. The molecule has 3 aromatic carbocycles. The summed E-state index contributed by atoms with van der Waals surface area (Å²) in [6.45, 7) is 0.306. The number of hydrogen-bond donors (Lipinski definition) is 2. The zero-order valence-electron chi connectivity index (χ0n) is 19.0. The molecule has 0 radical (unpaired) electrons. The number of imide groups is 1. The first kappa shape index (κ1) is 25.6. The van der Waals surface area contributed by atoms with Gasteiger partial charge in [-0.3, -0.25) is 19.3 Å². The molecular formula is C26H20Cl3N3O4. The number of hydrogen-bond acceptors (Lipinski definition) is 5. The van der Waals surface area contributed by atoms with Crippen LogP contribution in [0.3, 0.4) is 0 Å². The van der Waals surface area contributed by atoms with Crippen LogP contribution in [0.2, 0.25) is 10.0 Å². The van der Waals surface area contributed by atoms with Crippen molar-refractivity contribution in [2.45, 2.75) is 13.1 Å². The summed E-state index contributed by atoms with van der Waals surface area (Å²) in [6.07, 6.45) is 0.